The second-order valence-electron chi connectivity index (χ2n) is 10.2. The van der Waals surface area contributed by atoms with Gasteiger partial charge in [-0.05, 0) is 57.1 Å². The molecule has 7 rings (SSSR count). The predicted octanol–water partition coefficient (Wildman–Crippen LogP) is 3.10. The average molecular weight is 496 g/mol. The van der Waals surface area contributed by atoms with Crippen LogP contribution in [0.4, 0.5) is 23.1 Å². The van der Waals surface area contributed by atoms with Gasteiger partial charge in [0.15, 0.2) is 11.5 Å². The first-order valence-electron chi connectivity index (χ1n) is 12.9. The molecule has 0 radical (unpaired) electrons. The van der Waals surface area contributed by atoms with E-state index in [1.165, 1.54) is 5.69 Å². The maximum Gasteiger partial charge on any atom is 0.238 e. The van der Waals surface area contributed by atoms with E-state index in [1.807, 2.05) is 19.1 Å². The number of aromatic nitrogens is 5. The van der Waals surface area contributed by atoms with Gasteiger partial charge in [0, 0.05) is 55.9 Å². The lowest BCUT2D eigenvalue weighted by Crippen LogP contribution is -2.44. The molecule has 5 heterocycles. The summed E-state index contributed by atoms with van der Waals surface area (Å²) in [4.78, 5) is 33.6. The predicted molar refractivity (Wildman–Crippen MR) is 143 cm³/mol. The summed E-state index contributed by atoms with van der Waals surface area (Å²) in [6.07, 6.45) is 5.31. The summed E-state index contributed by atoms with van der Waals surface area (Å²) >= 11 is 0. The Kier molecular flexibility index (Phi) is 4.94. The van der Waals surface area contributed by atoms with Crippen molar-refractivity contribution in [2.45, 2.75) is 25.2 Å². The number of pyridine rings is 1. The molecule has 4 aromatic rings. The van der Waals surface area contributed by atoms with Crippen LogP contribution in [0.15, 0.2) is 48.8 Å². The molecule has 1 amide bonds. The van der Waals surface area contributed by atoms with E-state index in [9.17, 15) is 4.79 Å². The number of nitrogens with one attached hydrogen (secondary N) is 1. The maximum absolute atomic E-state index is 13.0. The van der Waals surface area contributed by atoms with Crippen molar-refractivity contribution < 1.29 is 4.79 Å². The molecule has 1 N–H and O–H groups in total. The van der Waals surface area contributed by atoms with Crippen LogP contribution in [0.3, 0.4) is 0 Å². The van der Waals surface area contributed by atoms with Gasteiger partial charge in [0.1, 0.15) is 5.82 Å². The number of hydrogen-bond acceptors (Lipinski definition) is 8. The minimum Gasteiger partial charge on any atom is -0.369 e. The lowest BCUT2D eigenvalue weighted by Gasteiger charge is -2.34. The van der Waals surface area contributed by atoms with Crippen LogP contribution in [0, 0.1) is 0 Å². The summed E-state index contributed by atoms with van der Waals surface area (Å²) in [5, 5.41) is 8.68. The summed E-state index contributed by atoms with van der Waals surface area (Å²) in [5.74, 6) is 2.05. The Labute approximate surface area is 214 Å². The molecule has 1 saturated heterocycles. The first-order chi connectivity index (χ1) is 18.1. The number of hydrogen-bond donors (Lipinski definition) is 1. The van der Waals surface area contributed by atoms with Crippen molar-refractivity contribution in [1.82, 2.24) is 29.6 Å². The Morgan fingerprint density at radius 1 is 0.973 bits per heavy atom. The van der Waals surface area contributed by atoms with E-state index in [-0.39, 0.29) is 11.3 Å². The molecule has 1 saturated carbocycles. The first-order valence-corrected chi connectivity index (χ1v) is 12.9. The minimum absolute atomic E-state index is 0.174. The van der Waals surface area contributed by atoms with E-state index in [0.717, 1.165) is 61.5 Å². The van der Waals surface area contributed by atoms with Crippen molar-refractivity contribution in [3.8, 4) is 5.82 Å². The molecule has 3 aromatic heterocycles. The molecule has 2 aliphatic heterocycles. The summed E-state index contributed by atoms with van der Waals surface area (Å²) in [5.41, 5.74) is 3.50. The number of likely N-dealkylation sites (N-methyl/N-ethyl adjacent to an activating group) is 2. The van der Waals surface area contributed by atoms with E-state index < -0.39 is 0 Å². The highest BCUT2D eigenvalue weighted by molar-refractivity contribution is 6.09. The Bertz CT molecular complexity index is 1500. The number of nitrogens with zero attached hydrogens (tertiary/aromatic N) is 8. The van der Waals surface area contributed by atoms with E-state index in [2.05, 4.69) is 56.5 Å². The molecule has 1 aromatic carbocycles. The lowest BCUT2D eigenvalue weighted by molar-refractivity contribution is -0.120. The number of benzene rings is 1. The second-order valence-corrected chi connectivity index (χ2v) is 10.2. The van der Waals surface area contributed by atoms with E-state index in [4.69, 9.17) is 9.97 Å². The molecule has 10 nitrogen and oxygen atoms in total. The minimum atomic E-state index is -0.345. The molecule has 10 heteroatoms. The molecule has 37 heavy (non-hydrogen) atoms. The zero-order valence-corrected chi connectivity index (χ0v) is 21.1. The third-order valence-corrected chi connectivity index (χ3v) is 7.87. The highest BCUT2D eigenvalue weighted by Gasteiger charge is 2.59. The zero-order valence-electron chi connectivity index (χ0n) is 21.1. The number of carbonyl (C=O) groups is 1. The number of anilines is 4. The SMILES string of the molecule is CCN1C(=O)C2(CC2)c2ccc(-n3ncc4cnc(Nc5ccc(N6CCN(C)CC6)cc5)nc43)nc21. The fraction of sp³-hybridized carbons (Fsp3) is 0.370. The van der Waals surface area contributed by atoms with Crippen molar-refractivity contribution in [2.24, 2.45) is 0 Å². The number of fused-ring (bicyclic) bond motifs is 3. The highest BCUT2D eigenvalue weighted by Crippen LogP contribution is 2.56. The molecule has 188 valence electrons. The number of carbonyl (C=O) groups excluding carboxylic acids is 1. The van der Waals surface area contributed by atoms with E-state index in [0.29, 0.717) is 24.0 Å². The van der Waals surface area contributed by atoms with Crippen molar-refractivity contribution >= 4 is 40.1 Å². The van der Waals surface area contributed by atoms with Gasteiger partial charge in [0.05, 0.1) is 17.0 Å². The van der Waals surface area contributed by atoms with Gasteiger partial charge < -0.3 is 15.1 Å². The molecule has 0 atom stereocenters. The molecule has 2 fully saturated rings. The monoisotopic (exact) mass is 495 g/mol. The quantitative estimate of drug-likeness (QED) is 0.451. The molecule has 0 bridgehead atoms. The van der Waals surface area contributed by atoms with Crippen molar-refractivity contribution in [1.29, 1.82) is 0 Å². The molecule has 1 aliphatic carbocycles. The Morgan fingerprint density at radius 2 is 1.76 bits per heavy atom. The standard InChI is InChI=1S/C27H29N9O/c1-3-35-24-21(27(10-11-27)25(35)37)8-9-22(31-24)36-23-18(17-29-36)16-28-26(32-23)30-19-4-6-20(7-5-19)34-14-12-33(2)13-15-34/h4-9,16-17H,3,10-15H2,1-2H3,(H,28,30,32). The van der Waals surface area contributed by atoms with Crippen LogP contribution in [-0.2, 0) is 10.2 Å². The van der Waals surface area contributed by atoms with Crippen LogP contribution in [0.1, 0.15) is 25.3 Å². The Hall–Kier alpha value is -4.05. The largest absolute Gasteiger partial charge is 0.369 e. The topological polar surface area (TPSA) is 95.3 Å². The van der Waals surface area contributed by atoms with Gasteiger partial charge in [-0.2, -0.15) is 14.8 Å². The summed E-state index contributed by atoms with van der Waals surface area (Å²) in [6.45, 7) is 6.82. The van der Waals surface area contributed by atoms with Crippen LogP contribution in [0.5, 0.6) is 0 Å². The van der Waals surface area contributed by atoms with Crippen LogP contribution >= 0.6 is 0 Å². The van der Waals surface area contributed by atoms with E-state index in [1.54, 1.807) is 22.0 Å². The smallest absolute Gasteiger partial charge is 0.238 e. The van der Waals surface area contributed by atoms with Gasteiger partial charge in [-0.25, -0.2) is 9.97 Å². The summed E-state index contributed by atoms with van der Waals surface area (Å²) in [7, 11) is 2.16. The van der Waals surface area contributed by atoms with Gasteiger partial charge in [-0.3, -0.25) is 9.69 Å². The number of amides is 1. The van der Waals surface area contributed by atoms with Crippen molar-refractivity contribution in [3.63, 3.8) is 0 Å². The lowest BCUT2D eigenvalue weighted by atomic mass is 10.00. The molecular weight excluding hydrogens is 466 g/mol. The third kappa shape index (κ3) is 3.54. The first kappa shape index (κ1) is 22.2. The summed E-state index contributed by atoms with van der Waals surface area (Å²) < 4.78 is 1.72. The van der Waals surface area contributed by atoms with Crippen LogP contribution in [0.2, 0.25) is 0 Å². The highest BCUT2D eigenvalue weighted by atomic mass is 16.2. The van der Waals surface area contributed by atoms with Gasteiger partial charge in [-0.1, -0.05) is 6.07 Å². The normalized spacial score (nSPS) is 18.6. The Morgan fingerprint density at radius 3 is 2.49 bits per heavy atom. The van der Waals surface area contributed by atoms with Gasteiger partial charge in [0.25, 0.3) is 0 Å². The molecule has 3 aliphatic rings. The molecule has 1 spiro atoms. The number of piperazine rings is 1. The van der Waals surface area contributed by atoms with Crippen molar-refractivity contribution in [2.75, 3.05) is 54.9 Å². The molecule has 0 unspecified atom stereocenters. The second kappa shape index (κ2) is 8.24. The zero-order chi connectivity index (χ0) is 25.1. The van der Waals surface area contributed by atoms with Crippen molar-refractivity contribution in [3.05, 3.63) is 54.4 Å². The third-order valence-electron chi connectivity index (χ3n) is 7.87. The fourth-order valence-corrected chi connectivity index (χ4v) is 5.50. The molecular formula is C27H29N9O. The van der Waals surface area contributed by atoms with Gasteiger partial charge in [0.2, 0.25) is 11.9 Å². The average Bonchev–Trinajstić information content (AvgIpc) is 3.57. The Balaban J connectivity index is 1.16. The fourth-order valence-electron chi connectivity index (χ4n) is 5.50. The number of rotatable bonds is 5. The van der Waals surface area contributed by atoms with Crippen LogP contribution in [0.25, 0.3) is 16.9 Å². The van der Waals surface area contributed by atoms with Gasteiger partial charge in [-0.15, -0.1) is 0 Å². The maximum atomic E-state index is 13.0. The van der Waals surface area contributed by atoms with Crippen LogP contribution in [-0.4, -0.2) is 75.3 Å². The van der Waals surface area contributed by atoms with Gasteiger partial charge >= 0.3 is 0 Å². The van der Waals surface area contributed by atoms with E-state index >= 15 is 0 Å². The van der Waals surface area contributed by atoms with Crippen LogP contribution < -0.4 is 15.1 Å². The summed E-state index contributed by atoms with van der Waals surface area (Å²) in [6, 6.07) is 12.4.